The van der Waals surface area contributed by atoms with Gasteiger partial charge in [0.15, 0.2) is 0 Å². The number of hydrogen-bond acceptors (Lipinski definition) is 3. The van der Waals surface area contributed by atoms with Crippen molar-refractivity contribution in [2.24, 2.45) is 0 Å². The fourth-order valence-electron chi connectivity index (χ4n) is 3.29. The molecule has 21 heavy (non-hydrogen) atoms. The van der Waals surface area contributed by atoms with Crippen molar-refractivity contribution in [1.29, 1.82) is 0 Å². The number of amides is 1. The number of carbonyl (C=O) groups is 1. The molecule has 2 aliphatic rings. The van der Waals surface area contributed by atoms with E-state index >= 15 is 0 Å². The third kappa shape index (κ3) is 3.71. The van der Waals surface area contributed by atoms with E-state index in [-0.39, 0.29) is 24.4 Å². The van der Waals surface area contributed by atoms with Crippen LogP contribution < -0.4 is 15.4 Å². The van der Waals surface area contributed by atoms with Crippen LogP contribution in [0.5, 0.6) is 5.75 Å². The molecule has 0 saturated carbocycles. The summed E-state index contributed by atoms with van der Waals surface area (Å²) in [4.78, 5) is 12.4. The van der Waals surface area contributed by atoms with Crippen LogP contribution in [-0.2, 0) is 0 Å². The van der Waals surface area contributed by atoms with Gasteiger partial charge in [0.2, 0.25) is 0 Å². The molecule has 3 rings (SSSR count). The van der Waals surface area contributed by atoms with E-state index in [1.165, 1.54) is 12.8 Å². The number of piperidine rings is 1. The van der Waals surface area contributed by atoms with Gasteiger partial charge < -0.3 is 15.4 Å². The average Bonchev–Trinajstić information content (AvgIpc) is 2.77. The number of ether oxygens (including phenoxy) is 1. The highest BCUT2D eigenvalue weighted by atomic mass is 79.9. The van der Waals surface area contributed by atoms with Gasteiger partial charge in [0.25, 0.3) is 5.91 Å². The number of nitrogens with one attached hydrogen (secondary N) is 2. The Morgan fingerprint density at radius 1 is 1.33 bits per heavy atom. The molecule has 0 spiro atoms. The SMILES string of the molecule is COc1cc(Br)ccc1C(=O)NC1CC2CCC(C1)N2.Cl. The minimum Gasteiger partial charge on any atom is -0.496 e. The first kappa shape index (κ1) is 16.6. The lowest BCUT2D eigenvalue weighted by atomic mass is 9.99. The maximum Gasteiger partial charge on any atom is 0.255 e. The van der Waals surface area contributed by atoms with E-state index in [2.05, 4.69) is 26.6 Å². The van der Waals surface area contributed by atoms with E-state index in [9.17, 15) is 4.79 Å². The van der Waals surface area contributed by atoms with Crippen molar-refractivity contribution in [2.45, 2.75) is 43.8 Å². The Morgan fingerprint density at radius 3 is 2.62 bits per heavy atom. The Balaban J connectivity index is 0.00000161. The van der Waals surface area contributed by atoms with Crippen LogP contribution in [0.3, 0.4) is 0 Å². The number of carbonyl (C=O) groups excluding carboxylic acids is 1. The molecule has 2 fully saturated rings. The van der Waals surface area contributed by atoms with Crippen LogP contribution in [0, 0.1) is 0 Å². The van der Waals surface area contributed by atoms with Gasteiger partial charge in [-0.25, -0.2) is 0 Å². The lowest BCUT2D eigenvalue weighted by Crippen LogP contribution is -2.48. The first-order valence-corrected chi connectivity index (χ1v) is 7.85. The first-order chi connectivity index (χ1) is 9.65. The van der Waals surface area contributed by atoms with Crippen LogP contribution >= 0.6 is 28.3 Å². The van der Waals surface area contributed by atoms with Crippen molar-refractivity contribution in [3.8, 4) is 5.75 Å². The molecule has 2 bridgehead atoms. The minimum absolute atomic E-state index is 0. The third-order valence-corrected chi connectivity index (χ3v) is 4.71. The molecule has 4 nitrogen and oxygen atoms in total. The van der Waals surface area contributed by atoms with Gasteiger partial charge in [-0.1, -0.05) is 15.9 Å². The molecule has 0 aromatic heterocycles. The third-order valence-electron chi connectivity index (χ3n) is 4.22. The van der Waals surface area contributed by atoms with Crippen LogP contribution in [0.25, 0.3) is 0 Å². The fourth-order valence-corrected chi connectivity index (χ4v) is 3.63. The Hall–Kier alpha value is -0.780. The van der Waals surface area contributed by atoms with Crippen molar-refractivity contribution in [1.82, 2.24) is 10.6 Å². The minimum atomic E-state index is -0.0411. The average molecular weight is 376 g/mol. The van der Waals surface area contributed by atoms with Gasteiger partial charge in [0, 0.05) is 22.6 Å². The second kappa shape index (κ2) is 6.99. The Labute approximate surface area is 139 Å². The molecule has 0 radical (unpaired) electrons. The molecule has 1 aromatic rings. The van der Waals surface area contributed by atoms with Gasteiger partial charge in [-0.3, -0.25) is 4.79 Å². The number of fused-ring (bicyclic) bond motifs is 2. The Kier molecular flexibility index (Phi) is 5.52. The van der Waals surface area contributed by atoms with Gasteiger partial charge >= 0.3 is 0 Å². The topological polar surface area (TPSA) is 50.4 Å². The zero-order valence-electron chi connectivity index (χ0n) is 11.9. The summed E-state index contributed by atoms with van der Waals surface area (Å²) in [6.45, 7) is 0. The van der Waals surface area contributed by atoms with Crippen molar-refractivity contribution < 1.29 is 9.53 Å². The predicted octanol–water partition coefficient (Wildman–Crippen LogP) is 2.89. The maximum absolute atomic E-state index is 12.4. The van der Waals surface area contributed by atoms with Crippen molar-refractivity contribution in [2.75, 3.05) is 7.11 Å². The molecular weight excluding hydrogens is 356 g/mol. The van der Waals surface area contributed by atoms with Gasteiger partial charge in [-0.05, 0) is 43.9 Å². The van der Waals surface area contributed by atoms with Crippen LogP contribution in [0.2, 0.25) is 0 Å². The molecule has 116 valence electrons. The highest BCUT2D eigenvalue weighted by Crippen LogP contribution is 2.28. The molecule has 2 aliphatic heterocycles. The van der Waals surface area contributed by atoms with E-state index in [1.54, 1.807) is 13.2 Å². The van der Waals surface area contributed by atoms with Crippen LogP contribution in [0.1, 0.15) is 36.0 Å². The molecule has 2 saturated heterocycles. The molecule has 2 unspecified atom stereocenters. The van der Waals surface area contributed by atoms with E-state index in [4.69, 9.17) is 4.74 Å². The van der Waals surface area contributed by atoms with E-state index in [0.29, 0.717) is 23.4 Å². The van der Waals surface area contributed by atoms with Crippen molar-refractivity contribution in [3.63, 3.8) is 0 Å². The Morgan fingerprint density at radius 2 is 2.00 bits per heavy atom. The molecule has 1 amide bonds. The van der Waals surface area contributed by atoms with E-state index in [0.717, 1.165) is 17.3 Å². The zero-order valence-corrected chi connectivity index (χ0v) is 14.3. The molecular formula is C15H20BrClN2O2. The monoisotopic (exact) mass is 374 g/mol. The quantitative estimate of drug-likeness (QED) is 0.854. The predicted molar refractivity (Wildman–Crippen MR) is 88.4 cm³/mol. The zero-order chi connectivity index (χ0) is 14.1. The summed E-state index contributed by atoms with van der Waals surface area (Å²) in [5.74, 6) is 0.564. The molecule has 2 heterocycles. The summed E-state index contributed by atoms with van der Waals surface area (Å²) >= 11 is 3.39. The molecule has 0 aliphatic carbocycles. The molecule has 2 N–H and O–H groups in total. The molecule has 6 heteroatoms. The van der Waals surface area contributed by atoms with Gasteiger partial charge in [-0.2, -0.15) is 0 Å². The largest absolute Gasteiger partial charge is 0.496 e. The summed E-state index contributed by atoms with van der Waals surface area (Å²) in [5, 5.41) is 6.74. The first-order valence-electron chi connectivity index (χ1n) is 7.06. The summed E-state index contributed by atoms with van der Waals surface area (Å²) in [6.07, 6.45) is 4.53. The standard InChI is InChI=1S/C15H19BrN2O2.ClH/c1-20-14-6-9(16)2-5-13(14)15(19)18-12-7-10-3-4-11(8-12)17-10;/h2,5-6,10-12,17H,3-4,7-8H2,1H3,(H,18,19);1H. The number of hydrogen-bond donors (Lipinski definition) is 2. The smallest absolute Gasteiger partial charge is 0.255 e. The van der Waals surface area contributed by atoms with Gasteiger partial charge in [0.05, 0.1) is 12.7 Å². The van der Waals surface area contributed by atoms with Crippen molar-refractivity contribution >= 4 is 34.2 Å². The Bertz CT molecular complexity index is 514. The maximum atomic E-state index is 12.4. The second-order valence-corrected chi connectivity index (χ2v) is 6.54. The van der Waals surface area contributed by atoms with Crippen molar-refractivity contribution in [3.05, 3.63) is 28.2 Å². The fraction of sp³-hybridized carbons (Fsp3) is 0.533. The van der Waals surface area contributed by atoms with Crippen LogP contribution in [-0.4, -0.2) is 31.1 Å². The van der Waals surface area contributed by atoms with Gasteiger partial charge in [-0.15, -0.1) is 12.4 Å². The summed E-state index contributed by atoms with van der Waals surface area (Å²) in [5.41, 5.74) is 0.599. The number of halogens is 2. The summed E-state index contributed by atoms with van der Waals surface area (Å²) in [7, 11) is 1.59. The highest BCUT2D eigenvalue weighted by Gasteiger charge is 2.34. The summed E-state index contributed by atoms with van der Waals surface area (Å²) < 4.78 is 6.20. The van der Waals surface area contributed by atoms with E-state index < -0.39 is 0 Å². The molecule has 1 aromatic carbocycles. The van der Waals surface area contributed by atoms with E-state index in [1.807, 2.05) is 12.1 Å². The lowest BCUT2D eigenvalue weighted by Gasteiger charge is -2.29. The van der Waals surface area contributed by atoms with Crippen LogP contribution in [0.4, 0.5) is 0 Å². The summed E-state index contributed by atoms with van der Waals surface area (Å²) in [6, 6.07) is 6.91. The molecule has 2 atom stereocenters. The lowest BCUT2D eigenvalue weighted by molar-refractivity contribution is 0.0921. The van der Waals surface area contributed by atoms with Crippen LogP contribution in [0.15, 0.2) is 22.7 Å². The number of methoxy groups -OCH3 is 1. The number of benzene rings is 1. The normalized spacial score (nSPS) is 26.9. The van der Waals surface area contributed by atoms with Gasteiger partial charge in [0.1, 0.15) is 5.75 Å². The number of rotatable bonds is 3. The second-order valence-electron chi connectivity index (χ2n) is 5.62. The highest BCUT2D eigenvalue weighted by molar-refractivity contribution is 9.10.